The zero-order chi connectivity index (χ0) is 19.6. The first kappa shape index (κ1) is 19.1. The van der Waals surface area contributed by atoms with Crippen LogP contribution in [0.15, 0.2) is 75.9 Å². The number of esters is 1. The maximum atomic E-state index is 13.2. The Morgan fingerprint density at radius 1 is 1.11 bits per heavy atom. The van der Waals surface area contributed by atoms with Gasteiger partial charge in [-0.3, -0.25) is 4.79 Å². The second-order valence-electron chi connectivity index (χ2n) is 6.32. The maximum absolute atomic E-state index is 13.2. The molecule has 0 saturated carbocycles. The molecule has 3 rings (SSSR count). The number of hydrogen-bond acceptors (Lipinski definition) is 3. The average molecular weight is 426 g/mol. The van der Waals surface area contributed by atoms with Crippen molar-refractivity contribution in [2.45, 2.75) is 19.9 Å². The summed E-state index contributed by atoms with van der Waals surface area (Å²) in [6.45, 7) is 3.74. The number of rotatable bonds is 4. The van der Waals surface area contributed by atoms with Crippen LogP contribution in [0.2, 0.25) is 0 Å². The molecule has 0 spiro atoms. The van der Waals surface area contributed by atoms with Gasteiger partial charge in [-0.25, -0.2) is 4.79 Å². The van der Waals surface area contributed by atoms with Crippen molar-refractivity contribution in [1.82, 2.24) is 4.90 Å². The van der Waals surface area contributed by atoms with Gasteiger partial charge >= 0.3 is 5.97 Å². The lowest BCUT2D eigenvalue weighted by molar-refractivity contribution is -0.136. The topological polar surface area (TPSA) is 46.6 Å². The molecule has 1 unspecified atom stereocenters. The van der Waals surface area contributed by atoms with E-state index in [1.165, 1.54) is 7.11 Å². The van der Waals surface area contributed by atoms with E-state index >= 15 is 0 Å². The monoisotopic (exact) mass is 425 g/mol. The molecule has 1 aliphatic rings. The highest BCUT2D eigenvalue weighted by Crippen LogP contribution is 2.37. The first-order chi connectivity index (χ1) is 12.9. The molecule has 0 radical (unpaired) electrons. The number of benzene rings is 2. The van der Waals surface area contributed by atoms with Gasteiger partial charge in [-0.2, -0.15) is 0 Å². The van der Waals surface area contributed by atoms with Gasteiger partial charge in [0.05, 0.1) is 24.3 Å². The summed E-state index contributed by atoms with van der Waals surface area (Å²) in [4.78, 5) is 27.3. The van der Waals surface area contributed by atoms with Crippen molar-refractivity contribution in [1.29, 1.82) is 0 Å². The van der Waals surface area contributed by atoms with Gasteiger partial charge in [-0.15, -0.1) is 0 Å². The van der Waals surface area contributed by atoms with Crippen LogP contribution in [0.4, 0.5) is 0 Å². The van der Waals surface area contributed by atoms with E-state index in [0.29, 0.717) is 16.8 Å². The predicted molar refractivity (Wildman–Crippen MR) is 109 cm³/mol. The number of halogens is 1. The van der Waals surface area contributed by atoms with Crippen LogP contribution in [0, 0.1) is 0 Å². The molecular weight excluding hydrogens is 406 g/mol. The number of carbonyl (C=O) groups excluding carboxylic acids is 2. The van der Waals surface area contributed by atoms with Gasteiger partial charge in [0.15, 0.2) is 0 Å². The molecule has 4 nitrogen and oxygen atoms in total. The summed E-state index contributed by atoms with van der Waals surface area (Å²) < 4.78 is 5.90. The zero-order valence-corrected chi connectivity index (χ0v) is 17.0. The summed E-state index contributed by atoms with van der Waals surface area (Å²) in [5, 5.41) is 0. The molecule has 1 atom stereocenters. The molecule has 0 fully saturated rings. The molecule has 1 amide bonds. The van der Waals surface area contributed by atoms with Crippen LogP contribution >= 0.6 is 15.9 Å². The molecular formula is C22H20BrNO3. The molecule has 0 N–H and O–H groups in total. The third-order valence-electron chi connectivity index (χ3n) is 4.68. The number of nitrogens with zero attached hydrogens (tertiary/aromatic N) is 1. The van der Waals surface area contributed by atoms with Gasteiger partial charge in [0.1, 0.15) is 0 Å². The molecule has 2 aromatic rings. The number of carbonyl (C=O) groups is 2. The highest BCUT2D eigenvalue weighted by molar-refractivity contribution is 9.10. The molecule has 0 bridgehead atoms. The number of ether oxygens (including phenoxy) is 1. The molecule has 138 valence electrons. The summed E-state index contributed by atoms with van der Waals surface area (Å²) in [6.07, 6.45) is 1.74. The van der Waals surface area contributed by atoms with E-state index < -0.39 is 5.97 Å². The molecule has 5 heteroatoms. The van der Waals surface area contributed by atoms with E-state index in [4.69, 9.17) is 4.74 Å². The number of methoxy groups -OCH3 is 1. The van der Waals surface area contributed by atoms with Gasteiger partial charge in [-0.05, 0) is 43.2 Å². The van der Waals surface area contributed by atoms with Crippen LogP contribution < -0.4 is 0 Å². The second-order valence-corrected chi connectivity index (χ2v) is 7.24. The van der Waals surface area contributed by atoms with Crippen molar-refractivity contribution < 1.29 is 14.3 Å². The van der Waals surface area contributed by atoms with E-state index in [9.17, 15) is 9.59 Å². The summed E-state index contributed by atoms with van der Waals surface area (Å²) >= 11 is 3.40. The van der Waals surface area contributed by atoms with E-state index in [-0.39, 0.29) is 11.9 Å². The van der Waals surface area contributed by atoms with E-state index in [1.807, 2.05) is 61.5 Å². The third-order valence-corrected chi connectivity index (χ3v) is 5.21. The zero-order valence-electron chi connectivity index (χ0n) is 15.4. The fraction of sp³-hybridized carbons (Fsp3) is 0.182. The first-order valence-corrected chi connectivity index (χ1v) is 9.38. The minimum atomic E-state index is -0.507. The quantitative estimate of drug-likeness (QED) is 0.517. The smallest absolute Gasteiger partial charge is 0.340 e. The lowest BCUT2D eigenvalue weighted by Gasteiger charge is -2.26. The molecule has 0 saturated heterocycles. The van der Waals surface area contributed by atoms with Crippen molar-refractivity contribution in [2.24, 2.45) is 0 Å². The summed E-state index contributed by atoms with van der Waals surface area (Å²) in [6, 6.07) is 17.1. The van der Waals surface area contributed by atoms with Crippen LogP contribution in [-0.2, 0) is 14.3 Å². The van der Waals surface area contributed by atoms with Crippen LogP contribution in [0.1, 0.15) is 31.0 Å². The molecule has 2 aromatic carbocycles. The highest BCUT2D eigenvalue weighted by atomic mass is 79.9. The van der Waals surface area contributed by atoms with Crippen LogP contribution in [-0.4, -0.2) is 23.9 Å². The number of hydrogen-bond donors (Lipinski definition) is 0. The van der Waals surface area contributed by atoms with Crippen LogP contribution in [0.25, 0.3) is 6.08 Å². The van der Waals surface area contributed by atoms with Crippen LogP contribution in [0.3, 0.4) is 0 Å². The Morgan fingerprint density at radius 2 is 1.74 bits per heavy atom. The molecule has 1 heterocycles. The highest BCUT2D eigenvalue weighted by Gasteiger charge is 2.39. The lowest BCUT2D eigenvalue weighted by Crippen LogP contribution is -2.28. The third kappa shape index (κ3) is 3.74. The average Bonchev–Trinajstić information content (AvgIpc) is 2.93. The fourth-order valence-electron chi connectivity index (χ4n) is 3.27. The van der Waals surface area contributed by atoms with E-state index in [2.05, 4.69) is 15.9 Å². The van der Waals surface area contributed by atoms with Crippen molar-refractivity contribution >= 4 is 33.9 Å². The Kier molecular flexibility index (Phi) is 5.61. The SMILES string of the molecule is COC(=O)C1=C(C)N(C(C)c2ccccc2)C(=O)C1=Cc1ccc(Br)cc1. The van der Waals surface area contributed by atoms with Gasteiger partial charge in [0.25, 0.3) is 5.91 Å². The Labute approximate surface area is 167 Å². The Hall–Kier alpha value is -2.66. The number of amides is 1. The minimum absolute atomic E-state index is 0.200. The molecule has 27 heavy (non-hydrogen) atoms. The largest absolute Gasteiger partial charge is 0.465 e. The van der Waals surface area contributed by atoms with E-state index in [1.54, 1.807) is 17.9 Å². The maximum Gasteiger partial charge on any atom is 0.340 e. The Balaban J connectivity index is 2.08. The molecule has 0 aliphatic carbocycles. The van der Waals surface area contributed by atoms with Crippen molar-refractivity contribution in [2.75, 3.05) is 7.11 Å². The summed E-state index contributed by atoms with van der Waals surface area (Å²) in [5.74, 6) is -0.709. The Bertz CT molecular complexity index is 930. The predicted octanol–water partition coefficient (Wildman–Crippen LogP) is 4.88. The van der Waals surface area contributed by atoms with Gasteiger partial charge in [-0.1, -0.05) is 58.4 Å². The van der Waals surface area contributed by atoms with Crippen molar-refractivity contribution in [3.8, 4) is 0 Å². The standard InChI is InChI=1S/C22H20BrNO3/c1-14(17-7-5-4-6-8-17)24-15(2)20(22(26)27-3)19(21(24)25)13-16-9-11-18(23)12-10-16/h4-14H,1-3H3. The first-order valence-electron chi connectivity index (χ1n) is 8.59. The second kappa shape index (κ2) is 7.92. The van der Waals surface area contributed by atoms with Gasteiger partial charge in [0.2, 0.25) is 0 Å². The molecule has 1 aliphatic heterocycles. The van der Waals surface area contributed by atoms with Crippen LogP contribution in [0.5, 0.6) is 0 Å². The Morgan fingerprint density at radius 3 is 2.33 bits per heavy atom. The lowest BCUT2D eigenvalue weighted by atomic mass is 10.0. The minimum Gasteiger partial charge on any atom is -0.465 e. The van der Waals surface area contributed by atoms with Gasteiger partial charge in [0, 0.05) is 10.2 Å². The fourth-order valence-corrected chi connectivity index (χ4v) is 3.53. The van der Waals surface area contributed by atoms with Gasteiger partial charge < -0.3 is 9.64 Å². The van der Waals surface area contributed by atoms with Crippen molar-refractivity contribution in [3.05, 3.63) is 87.0 Å². The summed E-state index contributed by atoms with van der Waals surface area (Å²) in [5.41, 5.74) is 3.11. The van der Waals surface area contributed by atoms with E-state index in [0.717, 1.165) is 15.6 Å². The molecule has 0 aromatic heterocycles. The summed E-state index contributed by atoms with van der Waals surface area (Å²) in [7, 11) is 1.33. The number of allylic oxidation sites excluding steroid dienone is 1. The van der Waals surface area contributed by atoms with Crippen molar-refractivity contribution in [3.63, 3.8) is 0 Å². The normalized spacial score (nSPS) is 16.8.